The van der Waals surface area contributed by atoms with E-state index >= 15 is 0 Å². The quantitative estimate of drug-likeness (QED) is 0.729. The number of amides is 1. The molecule has 0 aromatic heterocycles. The van der Waals surface area contributed by atoms with Crippen LogP contribution in [-0.2, 0) is 10.0 Å². The number of nitrogens with one attached hydrogen (secondary N) is 1. The molecule has 3 rings (SSSR count). The zero-order chi connectivity index (χ0) is 21.6. The number of ether oxygens (including phenoxy) is 1. The van der Waals surface area contributed by atoms with Crippen LogP contribution < -0.4 is 9.46 Å². The Bertz CT molecular complexity index is 998. The van der Waals surface area contributed by atoms with E-state index in [1.54, 1.807) is 11.0 Å². The van der Waals surface area contributed by atoms with E-state index in [2.05, 4.69) is 33.9 Å². The van der Waals surface area contributed by atoms with Crippen molar-refractivity contribution in [3.05, 3.63) is 65.7 Å². The highest BCUT2D eigenvalue weighted by Crippen LogP contribution is 2.25. The number of hydrogen-bond donors (Lipinski definition) is 1. The van der Waals surface area contributed by atoms with Gasteiger partial charge in [0.1, 0.15) is 10.6 Å². The Morgan fingerprint density at radius 1 is 1.10 bits per heavy atom. The van der Waals surface area contributed by atoms with Crippen LogP contribution in [-0.4, -0.2) is 71.0 Å². The van der Waals surface area contributed by atoms with Gasteiger partial charge in [-0.25, -0.2) is 13.1 Å². The van der Waals surface area contributed by atoms with Crippen molar-refractivity contribution < 1.29 is 17.9 Å². The molecule has 0 bridgehead atoms. The van der Waals surface area contributed by atoms with Gasteiger partial charge in [-0.05, 0) is 30.8 Å². The highest BCUT2D eigenvalue weighted by molar-refractivity contribution is 7.89. The van der Waals surface area contributed by atoms with Crippen LogP contribution in [0.25, 0.3) is 6.08 Å². The summed E-state index contributed by atoms with van der Waals surface area (Å²) in [6.07, 6.45) is 4.23. The average molecular weight is 430 g/mol. The second kappa shape index (κ2) is 9.88. The smallest absolute Gasteiger partial charge is 0.253 e. The number of methoxy groups -OCH3 is 1. The van der Waals surface area contributed by atoms with Crippen LogP contribution in [0.1, 0.15) is 15.9 Å². The van der Waals surface area contributed by atoms with Crippen molar-refractivity contribution in [3.8, 4) is 5.75 Å². The molecule has 0 saturated carbocycles. The highest BCUT2D eigenvalue weighted by Gasteiger charge is 2.25. The minimum Gasteiger partial charge on any atom is -0.495 e. The van der Waals surface area contributed by atoms with Gasteiger partial charge in [-0.2, -0.15) is 0 Å². The van der Waals surface area contributed by atoms with E-state index in [1.165, 1.54) is 26.3 Å². The molecule has 0 unspecified atom stereocenters. The summed E-state index contributed by atoms with van der Waals surface area (Å²) in [5, 5.41) is 0. The third-order valence-electron chi connectivity index (χ3n) is 5.10. The molecule has 1 heterocycles. The van der Waals surface area contributed by atoms with Crippen LogP contribution in [0.5, 0.6) is 5.75 Å². The zero-order valence-electron chi connectivity index (χ0n) is 17.2. The van der Waals surface area contributed by atoms with Crippen LogP contribution in [0.3, 0.4) is 0 Å². The molecular formula is C22H27N3O4S. The van der Waals surface area contributed by atoms with Crippen molar-refractivity contribution in [2.45, 2.75) is 4.90 Å². The maximum Gasteiger partial charge on any atom is 0.253 e. The van der Waals surface area contributed by atoms with Gasteiger partial charge >= 0.3 is 0 Å². The first-order chi connectivity index (χ1) is 14.4. The fourth-order valence-electron chi connectivity index (χ4n) is 3.35. The lowest BCUT2D eigenvalue weighted by Gasteiger charge is -2.34. The number of carbonyl (C=O) groups is 1. The van der Waals surface area contributed by atoms with Crippen molar-refractivity contribution >= 4 is 22.0 Å². The molecular weight excluding hydrogens is 402 g/mol. The number of benzene rings is 2. The Balaban J connectivity index is 1.61. The maximum absolute atomic E-state index is 12.9. The SMILES string of the molecule is CNS(=O)(=O)c1cc(C(=O)N2CCN(C/C=C/c3ccccc3)CC2)ccc1OC. The third-order valence-corrected chi connectivity index (χ3v) is 6.54. The Morgan fingerprint density at radius 3 is 2.43 bits per heavy atom. The van der Waals surface area contributed by atoms with Crippen molar-refractivity contribution in [2.24, 2.45) is 0 Å². The maximum atomic E-state index is 12.9. The summed E-state index contributed by atoms with van der Waals surface area (Å²) < 4.78 is 31.9. The number of hydrogen-bond acceptors (Lipinski definition) is 5. The molecule has 0 radical (unpaired) electrons. The second-order valence-corrected chi connectivity index (χ2v) is 8.83. The molecule has 1 amide bonds. The first-order valence-electron chi connectivity index (χ1n) is 9.79. The molecule has 0 spiro atoms. The first kappa shape index (κ1) is 22.0. The average Bonchev–Trinajstić information content (AvgIpc) is 2.79. The standard InChI is InChI=1S/C22H27N3O4S/c1-23-30(27,28)21-17-19(10-11-20(21)29-2)22(26)25-15-13-24(14-16-25)12-6-9-18-7-4-3-5-8-18/h3-11,17,23H,12-16H2,1-2H3/b9-6+. The minimum atomic E-state index is -3.73. The van der Waals surface area contributed by atoms with Crippen molar-refractivity contribution in [1.29, 1.82) is 0 Å². The van der Waals surface area contributed by atoms with E-state index in [0.717, 1.165) is 25.2 Å². The Hall–Kier alpha value is -2.68. The Labute approximate surface area is 178 Å². The van der Waals surface area contributed by atoms with Crippen molar-refractivity contribution in [3.63, 3.8) is 0 Å². The number of piperazine rings is 1. The third kappa shape index (κ3) is 5.27. The lowest BCUT2D eigenvalue weighted by molar-refractivity contribution is 0.0650. The molecule has 30 heavy (non-hydrogen) atoms. The lowest BCUT2D eigenvalue weighted by Crippen LogP contribution is -2.48. The molecule has 1 aliphatic rings. The van der Waals surface area contributed by atoms with Crippen LogP contribution in [0, 0.1) is 0 Å². The van der Waals surface area contributed by atoms with E-state index in [-0.39, 0.29) is 16.6 Å². The van der Waals surface area contributed by atoms with E-state index in [0.29, 0.717) is 18.7 Å². The second-order valence-electron chi connectivity index (χ2n) is 6.98. The summed E-state index contributed by atoms with van der Waals surface area (Å²) in [5.74, 6) is 0.0283. The van der Waals surface area contributed by atoms with Gasteiger partial charge in [-0.1, -0.05) is 42.5 Å². The van der Waals surface area contributed by atoms with Crippen LogP contribution in [0.2, 0.25) is 0 Å². The highest BCUT2D eigenvalue weighted by atomic mass is 32.2. The summed E-state index contributed by atoms with van der Waals surface area (Å²) in [6, 6.07) is 14.6. The molecule has 1 fully saturated rings. The van der Waals surface area contributed by atoms with Gasteiger partial charge in [0.2, 0.25) is 10.0 Å². The van der Waals surface area contributed by atoms with Gasteiger partial charge in [0.15, 0.2) is 0 Å². The molecule has 2 aromatic carbocycles. The summed E-state index contributed by atoms with van der Waals surface area (Å²) in [5.41, 5.74) is 1.50. The minimum absolute atomic E-state index is 0.0389. The molecule has 2 aromatic rings. The van der Waals surface area contributed by atoms with Gasteiger partial charge in [0.25, 0.3) is 5.91 Å². The summed E-state index contributed by atoms with van der Waals surface area (Å²) >= 11 is 0. The molecule has 160 valence electrons. The Kier molecular flexibility index (Phi) is 7.25. The van der Waals surface area contributed by atoms with Gasteiger partial charge in [0.05, 0.1) is 7.11 Å². The van der Waals surface area contributed by atoms with Gasteiger partial charge in [-0.15, -0.1) is 0 Å². The number of carbonyl (C=O) groups excluding carboxylic acids is 1. The van der Waals surface area contributed by atoms with Crippen molar-refractivity contribution in [2.75, 3.05) is 46.9 Å². The van der Waals surface area contributed by atoms with E-state index < -0.39 is 10.0 Å². The topological polar surface area (TPSA) is 79.0 Å². The fourth-order valence-corrected chi connectivity index (χ4v) is 4.27. The van der Waals surface area contributed by atoms with Crippen LogP contribution in [0.4, 0.5) is 0 Å². The molecule has 7 nitrogen and oxygen atoms in total. The zero-order valence-corrected chi connectivity index (χ0v) is 18.1. The summed E-state index contributed by atoms with van der Waals surface area (Å²) in [7, 11) is -1.00. The lowest BCUT2D eigenvalue weighted by atomic mass is 10.1. The normalized spacial score (nSPS) is 15.5. The molecule has 1 N–H and O–H groups in total. The molecule has 1 aliphatic heterocycles. The van der Waals surface area contributed by atoms with Crippen LogP contribution >= 0.6 is 0 Å². The summed E-state index contributed by atoms with van der Waals surface area (Å²) in [4.78, 5) is 16.9. The molecule has 8 heteroatoms. The summed E-state index contributed by atoms with van der Waals surface area (Å²) in [6.45, 7) is 3.55. The molecule has 0 aliphatic carbocycles. The largest absolute Gasteiger partial charge is 0.495 e. The van der Waals surface area contributed by atoms with E-state index in [1.807, 2.05) is 18.2 Å². The van der Waals surface area contributed by atoms with Gasteiger partial charge in [0, 0.05) is 38.3 Å². The van der Waals surface area contributed by atoms with E-state index in [4.69, 9.17) is 4.74 Å². The van der Waals surface area contributed by atoms with Gasteiger partial charge in [-0.3, -0.25) is 9.69 Å². The number of nitrogens with zero attached hydrogens (tertiary/aromatic N) is 2. The fraction of sp³-hybridized carbons (Fsp3) is 0.318. The number of sulfonamides is 1. The first-order valence-corrected chi connectivity index (χ1v) is 11.3. The number of rotatable bonds is 7. The monoisotopic (exact) mass is 429 g/mol. The Morgan fingerprint density at radius 2 is 1.80 bits per heavy atom. The predicted molar refractivity (Wildman–Crippen MR) is 117 cm³/mol. The van der Waals surface area contributed by atoms with E-state index in [9.17, 15) is 13.2 Å². The molecule has 0 atom stereocenters. The van der Waals surface area contributed by atoms with Crippen molar-refractivity contribution in [1.82, 2.24) is 14.5 Å². The predicted octanol–water partition coefficient (Wildman–Crippen LogP) is 2.07. The van der Waals surface area contributed by atoms with Crippen LogP contribution in [0.15, 0.2) is 59.5 Å². The molecule has 1 saturated heterocycles. The van der Waals surface area contributed by atoms with Gasteiger partial charge < -0.3 is 9.64 Å².